The van der Waals surface area contributed by atoms with Crippen LogP contribution in [0, 0.1) is 0 Å². The van der Waals surface area contributed by atoms with Gasteiger partial charge in [0.1, 0.15) is 5.52 Å². The summed E-state index contributed by atoms with van der Waals surface area (Å²) in [6, 6.07) is 13.2. The van der Waals surface area contributed by atoms with Gasteiger partial charge >= 0.3 is 5.97 Å². The number of alkyl halides is 1. The number of ether oxygens (including phenoxy) is 1. The maximum atomic E-state index is 11.5. The molecule has 1 heterocycles. The van der Waals surface area contributed by atoms with E-state index >= 15 is 0 Å². The molecular weight excluding hydrogens is 346 g/mol. The summed E-state index contributed by atoms with van der Waals surface area (Å²) < 4.78 is 10.5. The number of rotatable bonds is 4. The molecule has 0 saturated heterocycles. The molecule has 3 aromatic rings. The van der Waals surface area contributed by atoms with Gasteiger partial charge < -0.3 is 9.15 Å². The van der Waals surface area contributed by atoms with Gasteiger partial charge in [0.05, 0.1) is 12.7 Å². The lowest BCUT2D eigenvalue weighted by Gasteiger charge is -1.99. The lowest BCUT2D eigenvalue weighted by molar-refractivity contribution is 0.0601. The Morgan fingerprint density at radius 3 is 2.68 bits per heavy atom. The van der Waals surface area contributed by atoms with Crippen LogP contribution in [0.25, 0.3) is 22.6 Å². The van der Waals surface area contributed by atoms with Crippen molar-refractivity contribution in [3.63, 3.8) is 0 Å². The fourth-order valence-electron chi connectivity index (χ4n) is 2.22. The molecule has 2 aromatic carbocycles. The van der Waals surface area contributed by atoms with Gasteiger partial charge in [-0.05, 0) is 42.3 Å². The molecule has 22 heavy (non-hydrogen) atoms. The van der Waals surface area contributed by atoms with Gasteiger partial charge in [-0.1, -0.05) is 28.1 Å². The topological polar surface area (TPSA) is 52.3 Å². The number of methoxy groups -OCH3 is 1. The second-order valence-corrected chi connectivity index (χ2v) is 5.62. The maximum Gasteiger partial charge on any atom is 0.337 e. The van der Waals surface area contributed by atoms with Crippen molar-refractivity contribution in [2.45, 2.75) is 6.42 Å². The van der Waals surface area contributed by atoms with Crippen molar-refractivity contribution in [1.82, 2.24) is 4.98 Å². The van der Waals surface area contributed by atoms with Crippen LogP contribution in [0.4, 0.5) is 0 Å². The van der Waals surface area contributed by atoms with E-state index in [0.717, 1.165) is 17.3 Å². The first-order valence-corrected chi connectivity index (χ1v) is 7.97. The molecule has 0 atom stereocenters. The number of oxazole rings is 1. The summed E-state index contributed by atoms with van der Waals surface area (Å²) in [4.78, 5) is 16.0. The van der Waals surface area contributed by atoms with Crippen LogP contribution in [-0.2, 0) is 11.2 Å². The molecule has 3 rings (SSSR count). The maximum absolute atomic E-state index is 11.5. The van der Waals surface area contributed by atoms with E-state index < -0.39 is 0 Å². The van der Waals surface area contributed by atoms with Crippen LogP contribution < -0.4 is 0 Å². The van der Waals surface area contributed by atoms with Crippen molar-refractivity contribution in [3.8, 4) is 11.5 Å². The molecule has 4 nitrogen and oxygen atoms in total. The highest BCUT2D eigenvalue weighted by Gasteiger charge is 2.12. The van der Waals surface area contributed by atoms with Crippen LogP contribution in [0.2, 0.25) is 0 Å². The predicted molar refractivity (Wildman–Crippen MR) is 88.3 cm³/mol. The summed E-state index contributed by atoms with van der Waals surface area (Å²) in [5, 5.41) is 0.936. The van der Waals surface area contributed by atoms with Crippen molar-refractivity contribution < 1.29 is 13.9 Å². The minimum absolute atomic E-state index is 0.384. The molecular formula is C17H14BrNO3. The van der Waals surface area contributed by atoms with Crippen LogP contribution in [0.3, 0.4) is 0 Å². The van der Waals surface area contributed by atoms with Crippen molar-refractivity contribution in [2.24, 2.45) is 0 Å². The third-order valence-corrected chi connectivity index (χ3v) is 3.79. The number of fused-ring (bicyclic) bond motifs is 1. The Bertz CT molecular complexity index is 808. The standard InChI is InChI=1S/C17H14BrNO3/c1-21-17(20)13-6-7-15-14(10-13)19-16(22-15)12-4-2-11(3-5-12)8-9-18/h2-7,10H,8-9H2,1H3. The zero-order chi connectivity index (χ0) is 15.5. The number of esters is 1. The summed E-state index contributed by atoms with van der Waals surface area (Å²) in [6.45, 7) is 0. The lowest BCUT2D eigenvalue weighted by atomic mass is 10.1. The third-order valence-electron chi connectivity index (χ3n) is 3.39. The lowest BCUT2D eigenvalue weighted by Crippen LogP contribution is -2.00. The van der Waals surface area contributed by atoms with E-state index in [0.29, 0.717) is 22.6 Å². The molecule has 112 valence electrons. The van der Waals surface area contributed by atoms with Gasteiger partial charge in [0.2, 0.25) is 5.89 Å². The predicted octanol–water partition coefficient (Wildman–Crippen LogP) is 4.22. The third kappa shape index (κ3) is 2.90. The Morgan fingerprint density at radius 2 is 2.00 bits per heavy atom. The normalized spacial score (nSPS) is 10.8. The molecule has 0 saturated carbocycles. The Labute approximate surface area is 136 Å². The monoisotopic (exact) mass is 359 g/mol. The SMILES string of the molecule is COC(=O)c1ccc2oc(-c3ccc(CCBr)cc3)nc2c1. The number of hydrogen-bond acceptors (Lipinski definition) is 4. The second-order valence-electron chi connectivity index (χ2n) is 4.83. The summed E-state index contributed by atoms with van der Waals surface area (Å²) in [6.07, 6.45) is 0.982. The number of halogens is 1. The van der Waals surface area contributed by atoms with Crippen molar-refractivity contribution in [3.05, 3.63) is 53.6 Å². The van der Waals surface area contributed by atoms with Gasteiger partial charge in [-0.2, -0.15) is 0 Å². The molecule has 0 spiro atoms. The Morgan fingerprint density at radius 1 is 1.23 bits per heavy atom. The minimum Gasteiger partial charge on any atom is -0.465 e. The molecule has 0 aliphatic heterocycles. The van der Waals surface area contributed by atoms with Crippen LogP contribution >= 0.6 is 15.9 Å². The van der Waals surface area contributed by atoms with Crippen LogP contribution in [0.5, 0.6) is 0 Å². The number of nitrogens with zero attached hydrogens (tertiary/aromatic N) is 1. The van der Waals surface area contributed by atoms with E-state index in [2.05, 4.69) is 33.0 Å². The summed E-state index contributed by atoms with van der Waals surface area (Å²) >= 11 is 3.43. The first kappa shape index (κ1) is 14.8. The molecule has 0 aliphatic carbocycles. The van der Waals surface area contributed by atoms with E-state index in [-0.39, 0.29) is 5.97 Å². The number of carbonyl (C=O) groups excluding carboxylic acids is 1. The smallest absolute Gasteiger partial charge is 0.337 e. The zero-order valence-electron chi connectivity index (χ0n) is 12.0. The molecule has 0 radical (unpaired) electrons. The first-order chi connectivity index (χ1) is 10.7. The molecule has 0 unspecified atom stereocenters. The van der Waals surface area contributed by atoms with E-state index in [4.69, 9.17) is 9.15 Å². The van der Waals surface area contributed by atoms with Gasteiger partial charge in [-0.25, -0.2) is 9.78 Å². The largest absolute Gasteiger partial charge is 0.465 e. The summed E-state index contributed by atoms with van der Waals surface area (Å²) in [7, 11) is 1.36. The number of aryl methyl sites for hydroxylation is 1. The molecule has 0 aliphatic rings. The molecule has 0 amide bonds. The van der Waals surface area contributed by atoms with Crippen LogP contribution in [-0.4, -0.2) is 23.4 Å². The molecule has 1 aromatic heterocycles. The molecule has 5 heteroatoms. The van der Waals surface area contributed by atoms with Gasteiger partial charge in [0.15, 0.2) is 5.58 Å². The highest BCUT2D eigenvalue weighted by Crippen LogP contribution is 2.25. The first-order valence-electron chi connectivity index (χ1n) is 6.85. The highest BCUT2D eigenvalue weighted by atomic mass is 79.9. The number of benzene rings is 2. The number of carbonyl (C=O) groups is 1. The average molecular weight is 360 g/mol. The van der Waals surface area contributed by atoms with E-state index in [1.807, 2.05) is 12.1 Å². The van der Waals surface area contributed by atoms with Crippen molar-refractivity contribution in [1.29, 1.82) is 0 Å². The van der Waals surface area contributed by atoms with Gasteiger partial charge in [0.25, 0.3) is 0 Å². The zero-order valence-corrected chi connectivity index (χ0v) is 13.6. The van der Waals surface area contributed by atoms with E-state index in [1.54, 1.807) is 18.2 Å². The highest BCUT2D eigenvalue weighted by molar-refractivity contribution is 9.09. The average Bonchev–Trinajstić information content (AvgIpc) is 2.98. The Balaban J connectivity index is 1.95. The fourth-order valence-corrected chi connectivity index (χ4v) is 2.68. The molecule has 0 N–H and O–H groups in total. The van der Waals surface area contributed by atoms with Gasteiger partial charge in [-0.15, -0.1) is 0 Å². The molecule has 0 fully saturated rings. The molecule has 0 bridgehead atoms. The summed E-state index contributed by atoms with van der Waals surface area (Å²) in [5.41, 5.74) is 3.91. The Hall–Kier alpha value is -2.14. The minimum atomic E-state index is -0.384. The van der Waals surface area contributed by atoms with Gasteiger partial charge in [0, 0.05) is 10.9 Å². The van der Waals surface area contributed by atoms with Crippen LogP contribution in [0.15, 0.2) is 46.9 Å². The number of aromatic nitrogens is 1. The summed E-state index contributed by atoms with van der Waals surface area (Å²) in [5.74, 6) is 0.160. The van der Waals surface area contributed by atoms with Crippen molar-refractivity contribution >= 4 is 33.0 Å². The fraction of sp³-hybridized carbons (Fsp3) is 0.176. The number of hydrogen-bond donors (Lipinski definition) is 0. The van der Waals surface area contributed by atoms with Crippen LogP contribution in [0.1, 0.15) is 15.9 Å². The second kappa shape index (κ2) is 6.32. The van der Waals surface area contributed by atoms with Crippen molar-refractivity contribution in [2.75, 3.05) is 12.4 Å². The Kier molecular flexibility index (Phi) is 4.24. The van der Waals surface area contributed by atoms with E-state index in [1.165, 1.54) is 12.7 Å². The van der Waals surface area contributed by atoms with E-state index in [9.17, 15) is 4.79 Å². The van der Waals surface area contributed by atoms with Gasteiger partial charge in [-0.3, -0.25) is 0 Å². The quantitative estimate of drug-likeness (QED) is 0.516.